The highest BCUT2D eigenvalue weighted by Crippen LogP contribution is 2.43. The van der Waals surface area contributed by atoms with Gasteiger partial charge in [0.2, 0.25) is 0 Å². The van der Waals surface area contributed by atoms with E-state index in [0.29, 0.717) is 5.56 Å². The largest absolute Gasteiger partial charge is 0.456 e. The van der Waals surface area contributed by atoms with E-state index in [9.17, 15) is 22.4 Å². The van der Waals surface area contributed by atoms with Gasteiger partial charge in [-0.3, -0.25) is 0 Å². The molecule has 0 aliphatic heterocycles. The van der Waals surface area contributed by atoms with E-state index in [1.165, 1.54) is 30.3 Å². The number of ether oxygens (including phenoxy) is 1. The van der Waals surface area contributed by atoms with Gasteiger partial charge in [-0.2, -0.15) is 17.6 Å². The number of esters is 1. The maximum Gasteiger partial charge on any atom is 0.408 e. The smallest absolute Gasteiger partial charge is 0.408 e. The standard InChI is InChI=1S/C16H12F4O2/c17-15(18,13-9-5-2-6-10-13)16(19,20)14(21)22-11-12-7-3-1-4-8-12/h1-10H,11H2. The predicted molar refractivity (Wildman–Crippen MR) is 71.5 cm³/mol. The van der Waals surface area contributed by atoms with Gasteiger partial charge in [0.1, 0.15) is 6.61 Å². The van der Waals surface area contributed by atoms with Crippen LogP contribution in [0.2, 0.25) is 0 Å². The van der Waals surface area contributed by atoms with E-state index < -0.39 is 30.0 Å². The molecule has 0 N–H and O–H groups in total. The summed E-state index contributed by atoms with van der Waals surface area (Å²) in [5, 5.41) is 0. The molecule has 0 unspecified atom stereocenters. The van der Waals surface area contributed by atoms with Crippen molar-refractivity contribution < 1.29 is 27.1 Å². The van der Waals surface area contributed by atoms with Crippen molar-refractivity contribution in [2.24, 2.45) is 0 Å². The zero-order valence-corrected chi connectivity index (χ0v) is 11.3. The molecule has 0 fully saturated rings. The molecule has 0 radical (unpaired) electrons. The SMILES string of the molecule is O=C(OCc1ccccc1)C(F)(F)C(F)(F)c1ccccc1. The molecule has 0 atom stereocenters. The predicted octanol–water partition coefficient (Wildman–Crippen LogP) is 4.16. The summed E-state index contributed by atoms with van der Waals surface area (Å²) in [6.45, 7) is -0.500. The molecule has 0 aromatic heterocycles. The van der Waals surface area contributed by atoms with Gasteiger partial charge >= 0.3 is 17.8 Å². The molecule has 2 nitrogen and oxygen atoms in total. The maximum atomic E-state index is 13.9. The highest BCUT2D eigenvalue weighted by molar-refractivity contribution is 5.79. The topological polar surface area (TPSA) is 26.3 Å². The van der Waals surface area contributed by atoms with Crippen LogP contribution in [0.25, 0.3) is 0 Å². The van der Waals surface area contributed by atoms with Crippen molar-refractivity contribution in [2.45, 2.75) is 18.5 Å². The van der Waals surface area contributed by atoms with Crippen LogP contribution in [0.5, 0.6) is 0 Å². The Hall–Kier alpha value is -2.37. The number of carbonyl (C=O) groups is 1. The van der Waals surface area contributed by atoms with E-state index in [4.69, 9.17) is 0 Å². The zero-order valence-electron chi connectivity index (χ0n) is 11.3. The van der Waals surface area contributed by atoms with Crippen molar-refractivity contribution in [3.63, 3.8) is 0 Å². The van der Waals surface area contributed by atoms with E-state index in [0.717, 1.165) is 12.1 Å². The summed E-state index contributed by atoms with van der Waals surface area (Å²) in [7, 11) is 0. The van der Waals surface area contributed by atoms with Gasteiger partial charge in [-0.1, -0.05) is 60.7 Å². The zero-order chi connectivity index (χ0) is 16.2. The Morgan fingerprint density at radius 3 is 1.91 bits per heavy atom. The third-order valence-electron chi connectivity index (χ3n) is 3.00. The molecule has 0 spiro atoms. The van der Waals surface area contributed by atoms with Crippen LogP contribution in [0.1, 0.15) is 11.1 Å². The lowest BCUT2D eigenvalue weighted by Gasteiger charge is -2.25. The van der Waals surface area contributed by atoms with Crippen molar-refractivity contribution in [3.8, 4) is 0 Å². The first-order valence-corrected chi connectivity index (χ1v) is 6.38. The number of hydrogen-bond donors (Lipinski definition) is 0. The Balaban J connectivity index is 2.13. The van der Waals surface area contributed by atoms with Crippen LogP contribution in [0.15, 0.2) is 60.7 Å². The molecule has 0 saturated heterocycles. The Morgan fingerprint density at radius 2 is 1.36 bits per heavy atom. The van der Waals surface area contributed by atoms with Crippen molar-refractivity contribution in [1.29, 1.82) is 0 Å². The summed E-state index contributed by atoms with van der Waals surface area (Å²) in [6.07, 6.45) is 0. The second-order valence-corrected chi connectivity index (χ2v) is 4.58. The Bertz CT molecular complexity index is 627. The number of rotatable bonds is 5. The lowest BCUT2D eigenvalue weighted by Crippen LogP contribution is -2.46. The van der Waals surface area contributed by atoms with Gasteiger partial charge in [-0.15, -0.1) is 0 Å². The normalized spacial score (nSPS) is 12.0. The van der Waals surface area contributed by atoms with E-state index in [1.54, 1.807) is 18.2 Å². The molecule has 6 heteroatoms. The molecule has 116 valence electrons. The van der Waals surface area contributed by atoms with Gasteiger partial charge in [0.15, 0.2) is 0 Å². The first-order chi connectivity index (χ1) is 10.4. The summed E-state index contributed by atoms with van der Waals surface area (Å²) in [6, 6.07) is 13.4. The maximum absolute atomic E-state index is 13.9. The summed E-state index contributed by atoms with van der Waals surface area (Å²) in [5.74, 6) is -11.9. The fraction of sp³-hybridized carbons (Fsp3) is 0.188. The molecule has 2 aromatic rings. The highest BCUT2D eigenvalue weighted by atomic mass is 19.3. The molecule has 0 amide bonds. The number of halogens is 4. The van der Waals surface area contributed by atoms with Crippen LogP contribution < -0.4 is 0 Å². The average Bonchev–Trinajstić information content (AvgIpc) is 2.54. The Labute approximate surface area is 124 Å². The molecule has 2 aromatic carbocycles. The Morgan fingerprint density at radius 1 is 0.864 bits per heavy atom. The summed E-state index contributed by atoms with van der Waals surface area (Å²) >= 11 is 0. The molecule has 0 saturated carbocycles. The fourth-order valence-electron chi connectivity index (χ4n) is 1.77. The first-order valence-electron chi connectivity index (χ1n) is 6.38. The third-order valence-corrected chi connectivity index (χ3v) is 3.00. The quantitative estimate of drug-likeness (QED) is 0.612. The van der Waals surface area contributed by atoms with Crippen LogP contribution in [-0.2, 0) is 22.1 Å². The van der Waals surface area contributed by atoms with Gasteiger partial charge in [-0.05, 0) is 5.56 Å². The van der Waals surface area contributed by atoms with Crippen LogP contribution >= 0.6 is 0 Å². The van der Waals surface area contributed by atoms with Crippen LogP contribution in [0.3, 0.4) is 0 Å². The van der Waals surface area contributed by atoms with Gasteiger partial charge < -0.3 is 4.74 Å². The highest BCUT2D eigenvalue weighted by Gasteiger charge is 2.64. The van der Waals surface area contributed by atoms with Crippen molar-refractivity contribution in [1.82, 2.24) is 0 Å². The molecule has 0 bridgehead atoms. The summed E-state index contributed by atoms with van der Waals surface area (Å²) in [5.41, 5.74) is -0.522. The van der Waals surface area contributed by atoms with E-state index in [2.05, 4.69) is 4.74 Å². The lowest BCUT2D eigenvalue weighted by atomic mass is 10.0. The third kappa shape index (κ3) is 3.10. The monoisotopic (exact) mass is 312 g/mol. The average molecular weight is 312 g/mol. The minimum Gasteiger partial charge on any atom is -0.456 e. The lowest BCUT2D eigenvalue weighted by molar-refractivity contribution is -0.234. The summed E-state index contributed by atoms with van der Waals surface area (Å²) in [4.78, 5) is 11.4. The van der Waals surface area contributed by atoms with E-state index in [1.807, 2.05) is 0 Å². The second-order valence-electron chi connectivity index (χ2n) is 4.58. The van der Waals surface area contributed by atoms with E-state index in [-0.39, 0.29) is 0 Å². The summed E-state index contributed by atoms with van der Waals surface area (Å²) < 4.78 is 59.6. The van der Waals surface area contributed by atoms with Crippen molar-refractivity contribution in [3.05, 3.63) is 71.8 Å². The Kier molecular flexibility index (Phi) is 4.49. The minimum absolute atomic E-state index is 0.426. The van der Waals surface area contributed by atoms with Gasteiger partial charge in [0.05, 0.1) is 0 Å². The first kappa shape index (κ1) is 16.0. The molecule has 22 heavy (non-hydrogen) atoms. The van der Waals surface area contributed by atoms with Crippen molar-refractivity contribution >= 4 is 5.97 Å². The van der Waals surface area contributed by atoms with Gasteiger partial charge in [-0.25, -0.2) is 4.79 Å². The van der Waals surface area contributed by atoms with Crippen molar-refractivity contribution in [2.75, 3.05) is 0 Å². The van der Waals surface area contributed by atoms with E-state index >= 15 is 0 Å². The number of hydrogen-bond acceptors (Lipinski definition) is 2. The minimum atomic E-state index is -4.96. The fourth-order valence-corrected chi connectivity index (χ4v) is 1.77. The van der Waals surface area contributed by atoms with Crippen LogP contribution in [-0.4, -0.2) is 11.9 Å². The second kappa shape index (κ2) is 6.17. The molecular weight excluding hydrogens is 300 g/mol. The van der Waals surface area contributed by atoms with Crippen LogP contribution in [0.4, 0.5) is 17.6 Å². The van der Waals surface area contributed by atoms with Crippen LogP contribution in [0, 0.1) is 0 Å². The molecule has 0 aliphatic carbocycles. The molecule has 0 heterocycles. The van der Waals surface area contributed by atoms with Gasteiger partial charge in [0, 0.05) is 5.56 Å². The molecule has 0 aliphatic rings. The van der Waals surface area contributed by atoms with Gasteiger partial charge in [0.25, 0.3) is 0 Å². The number of alkyl halides is 4. The number of benzene rings is 2. The molecular formula is C16H12F4O2. The number of carbonyl (C=O) groups excluding carboxylic acids is 1. The molecule has 2 rings (SSSR count).